The van der Waals surface area contributed by atoms with E-state index in [1.54, 1.807) is 0 Å². The summed E-state index contributed by atoms with van der Waals surface area (Å²) in [4.78, 5) is 25.8. The Kier molecular flexibility index (Phi) is 6.25. The molecule has 22 heavy (non-hydrogen) atoms. The molecular formula is C17H23ClN2O2. The second-order valence-corrected chi connectivity index (χ2v) is 6.20. The highest BCUT2D eigenvalue weighted by Gasteiger charge is 2.33. The van der Waals surface area contributed by atoms with Gasteiger partial charge in [0.2, 0.25) is 11.8 Å². The molecule has 1 N–H and O–H groups in total. The molecule has 0 spiro atoms. The fourth-order valence-electron chi connectivity index (χ4n) is 2.64. The molecule has 0 aliphatic carbocycles. The van der Waals surface area contributed by atoms with Crippen LogP contribution in [0.25, 0.3) is 0 Å². The van der Waals surface area contributed by atoms with Gasteiger partial charge in [-0.25, -0.2) is 0 Å². The van der Waals surface area contributed by atoms with Gasteiger partial charge in [-0.1, -0.05) is 37.1 Å². The lowest BCUT2D eigenvalue weighted by Gasteiger charge is -2.15. The number of hydrogen-bond donors (Lipinski definition) is 1. The molecule has 0 saturated carbocycles. The molecule has 0 aromatic heterocycles. The van der Waals surface area contributed by atoms with Crippen LogP contribution < -0.4 is 5.32 Å². The molecule has 1 heterocycles. The Hall–Kier alpha value is -1.55. The smallest absolute Gasteiger partial charge is 0.225 e. The van der Waals surface area contributed by atoms with Crippen LogP contribution in [0.1, 0.15) is 31.7 Å². The van der Waals surface area contributed by atoms with Crippen LogP contribution in [-0.4, -0.2) is 36.3 Å². The highest BCUT2D eigenvalue weighted by molar-refractivity contribution is 6.30. The van der Waals surface area contributed by atoms with E-state index in [1.165, 1.54) is 0 Å². The van der Waals surface area contributed by atoms with Crippen LogP contribution in [0.15, 0.2) is 24.3 Å². The Morgan fingerprint density at radius 1 is 1.36 bits per heavy atom. The van der Waals surface area contributed by atoms with Crippen molar-refractivity contribution in [2.24, 2.45) is 5.92 Å². The van der Waals surface area contributed by atoms with Crippen molar-refractivity contribution in [3.8, 4) is 0 Å². The molecule has 1 atom stereocenters. The van der Waals surface area contributed by atoms with E-state index in [9.17, 15) is 9.59 Å². The first-order valence-corrected chi connectivity index (χ1v) is 8.28. The Morgan fingerprint density at radius 3 is 2.77 bits per heavy atom. The predicted molar refractivity (Wildman–Crippen MR) is 87.8 cm³/mol. The highest BCUT2D eigenvalue weighted by Crippen LogP contribution is 2.18. The van der Waals surface area contributed by atoms with E-state index in [0.29, 0.717) is 24.5 Å². The van der Waals surface area contributed by atoms with E-state index in [-0.39, 0.29) is 17.7 Å². The maximum Gasteiger partial charge on any atom is 0.225 e. The van der Waals surface area contributed by atoms with Gasteiger partial charge >= 0.3 is 0 Å². The molecular weight excluding hydrogens is 300 g/mol. The van der Waals surface area contributed by atoms with Gasteiger partial charge in [0, 0.05) is 31.1 Å². The lowest BCUT2D eigenvalue weighted by molar-refractivity contribution is -0.129. The van der Waals surface area contributed by atoms with Gasteiger partial charge in [-0.15, -0.1) is 0 Å². The van der Waals surface area contributed by atoms with Crippen molar-refractivity contribution in [1.82, 2.24) is 10.2 Å². The van der Waals surface area contributed by atoms with Crippen LogP contribution in [0.3, 0.4) is 0 Å². The van der Waals surface area contributed by atoms with Gasteiger partial charge < -0.3 is 10.2 Å². The van der Waals surface area contributed by atoms with Crippen molar-refractivity contribution < 1.29 is 9.59 Å². The second-order valence-electron chi connectivity index (χ2n) is 5.76. The third kappa shape index (κ3) is 4.73. The predicted octanol–water partition coefficient (Wildman–Crippen LogP) is 2.65. The number of carbonyl (C=O) groups excluding carboxylic acids is 2. The summed E-state index contributed by atoms with van der Waals surface area (Å²) >= 11 is 5.84. The molecule has 1 aliphatic heterocycles. The quantitative estimate of drug-likeness (QED) is 0.839. The summed E-state index contributed by atoms with van der Waals surface area (Å²) in [5.74, 6) is -0.109. The van der Waals surface area contributed by atoms with E-state index >= 15 is 0 Å². The standard InChI is InChI=1S/C17H23ClN2O2/c1-2-3-10-20-12-14(11-16(20)21)17(22)19-9-8-13-4-6-15(18)7-5-13/h4-7,14H,2-3,8-12H2,1H3,(H,19,22)/t14-/m0/s1. The number of benzene rings is 1. The maximum absolute atomic E-state index is 12.1. The number of amides is 2. The average Bonchev–Trinajstić information content (AvgIpc) is 2.88. The molecule has 0 bridgehead atoms. The molecule has 1 fully saturated rings. The summed E-state index contributed by atoms with van der Waals surface area (Å²) in [6.45, 7) is 4.01. The number of nitrogens with one attached hydrogen (secondary N) is 1. The fraction of sp³-hybridized carbons (Fsp3) is 0.529. The maximum atomic E-state index is 12.1. The molecule has 1 aromatic carbocycles. The van der Waals surface area contributed by atoms with E-state index in [0.717, 1.165) is 31.4 Å². The first-order chi connectivity index (χ1) is 10.6. The topological polar surface area (TPSA) is 49.4 Å². The number of halogens is 1. The molecule has 0 unspecified atom stereocenters. The van der Waals surface area contributed by atoms with E-state index in [1.807, 2.05) is 29.2 Å². The van der Waals surface area contributed by atoms with Crippen molar-refractivity contribution in [2.45, 2.75) is 32.6 Å². The van der Waals surface area contributed by atoms with Crippen molar-refractivity contribution in [2.75, 3.05) is 19.6 Å². The summed E-state index contributed by atoms with van der Waals surface area (Å²) < 4.78 is 0. The van der Waals surface area contributed by atoms with Gasteiger partial charge in [0.15, 0.2) is 0 Å². The van der Waals surface area contributed by atoms with E-state index in [4.69, 9.17) is 11.6 Å². The number of likely N-dealkylation sites (tertiary alicyclic amines) is 1. The number of carbonyl (C=O) groups is 2. The van der Waals surface area contributed by atoms with Gasteiger partial charge in [0.1, 0.15) is 0 Å². The third-order valence-corrected chi connectivity index (χ3v) is 4.25. The van der Waals surface area contributed by atoms with Gasteiger partial charge in [-0.05, 0) is 30.5 Å². The molecule has 1 aromatic rings. The highest BCUT2D eigenvalue weighted by atomic mass is 35.5. The summed E-state index contributed by atoms with van der Waals surface area (Å²) in [6, 6.07) is 7.61. The van der Waals surface area contributed by atoms with Crippen LogP contribution in [0.2, 0.25) is 5.02 Å². The minimum absolute atomic E-state index is 0.0127. The molecule has 2 rings (SSSR count). The second kappa shape index (κ2) is 8.18. The first-order valence-electron chi connectivity index (χ1n) is 7.90. The molecule has 2 amide bonds. The summed E-state index contributed by atoms with van der Waals surface area (Å²) in [6.07, 6.45) is 3.16. The van der Waals surface area contributed by atoms with E-state index < -0.39 is 0 Å². The normalized spacial score (nSPS) is 17.8. The zero-order valence-corrected chi connectivity index (χ0v) is 13.7. The van der Waals surface area contributed by atoms with Gasteiger partial charge in [-0.3, -0.25) is 9.59 Å². The van der Waals surface area contributed by atoms with Crippen LogP contribution >= 0.6 is 11.6 Å². The van der Waals surface area contributed by atoms with E-state index in [2.05, 4.69) is 12.2 Å². The van der Waals surface area contributed by atoms with Crippen molar-refractivity contribution in [3.63, 3.8) is 0 Å². The van der Waals surface area contributed by atoms with Gasteiger partial charge in [0.25, 0.3) is 0 Å². The summed E-state index contributed by atoms with van der Waals surface area (Å²) in [5.41, 5.74) is 1.14. The van der Waals surface area contributed by atoms with Crippen LogP contribution in [-0.2, 0) is 16.0 Å². The zero-order chi connectivity index (χ0) is 15.9. The third-order valence-electron chi connectivity index (χ3n) is 3.99. The molecule has 120 valence electrons. The molecule has 4 nitrogen and oxygen atoms in total. The van der Waals surface area contributed by atoms with Crippen molar-refractivity contribution in [3.05, 3.63) is 34.9 Å². The van der Waals surface area contributed by atoms with Crippen LogP contribution in [0.5, 0.6) is 0 Å². The number of unbranched alkanes of at least 4 members (excludes halogenated alkanes) is 1. The summed E-state index contributed by atoms with van der Waals surface area (Å²) in [5, 5.41) is 3.65. The van der Waals surface area contributed by atoms with Gasteiger partial charge in [0.05, 0.1) is 5.92 Å². The van der Waals surface area contributed by atoms with Crippen LogP contribution in [0.4, 0.5) is 0 Å². The number of rotatable bonds is 7. The largest absolute Gasteiger partial charge is 0.355 e. The van der Waals surface area contributed by atoms with Gasteiger partial charge in [-0.2, -0.15) is 0 Å². The monoisotopic (exact) mass is 322 g/mol. The first kappa shape index (κ1) is 16.8. The Labute approximate surface area is 136 Å². The Bertz CT molecular complexity index is 516. The zero-order valence-electron chi connectivity index (χ0n) is 13.0. The number of nitrogens with zero attached hydrogens (tertiary/aromatic N) is 1. The van der Waals surface area contributed by atoms with Crippen LogP contribution in [0, 0.1) is 5.92 Å². The lowest BCUT2D eigenvalue weighted by Crippen LogP contribution is -2.34. The lowest BCUT2D eigenvalue weighted by atomic mass is 10.1. The van der Waals surface area contributed by atoms with Crippen molar-refractivity contribution >= 4 is 23.4 Å². The average molecular weight is 323 g/mol. The minimum Gasteiger partial charge on any atom is -0.355 e. The Balaban J connectivity index is 1.73. The summed E-state index contributed by atoms with van der Waals surface area (Å²) in [7, 11) is 0. The van der Waals surface area contributed by atoms with Crippen molar-refractivity contribution in [1.29, 1.82) is 0 Å². The Morgan fingerprint density at radius 2 is 2.09 bits per heavy atom. The minimum atomic E-state index is -0.199. The molecule has 1 aliphatic rings. The molecule has 1 saturated heterocycles. The fourth-order valence-corrected chi connectivity index (χ4v) is 2.76. The molecule has 0 radical (unpaired) electrons. The number of hydrogen-bond acceptors (Lipinski definition) is 2. The molecule has 5 heteroatoms. The SMILES string of the molecule is CCCCN1C[C@@H](C(=O)NCCc2ccc(Cl)cc2)CC1=O.